The van der Waals surface area contributed by atoms with E-state index >= 15 is 0 Å². The minimum Gasteiger partial charge on any atom is -0.371 e. The van der Waals surface area contributed by atoms with Gasteiger partial charge in [0.25, 0.3) is 0 Å². The normalized spacial score (nSPS) is 17.3. The minimum atomic E-state index is -0.646. The van der Waals surface area contributed by atoms with Crippen LogP contribution in [0, 0.1) is 0 Å². The fraction of sp³-hybridized carbons (Fsp3) is 0.562. The van der Waals surface area contributed by atoms with E-state index in [1.54, 1.807) is 0 Å². The van der Waals surface area contributed by atoms with Crippen molar-refractivity contribution in [2.75, 3.05) is 43.0 Å². The largest absolute Gasteiger partial charge is 0.371 e. The highest BCUT2D eigenvalue weighted by Gasteiger charge is 2.31. The molecule has 0 saturated carbocycles. The Kier molecular flexibility index (Phi) is 4.73. The fourth-order valence-corrected chi connectivity index (χ4v) is 2.85. The molecule has 0 bridgehead atoms. The zero-order chi connectivity index (χ0) is 15.5. The van der Waals surface area contributed by atoms with Crippen molar-refractivity contribution in [3.63, 3.8) is 0 Å². The maximum atomic E-state index is 11.7. The number of rotatable bonds is 6. The Labute approximate surface area is 127 Å². The predicted octanol–water partition coefficient (Wildman–Crippen LogP) is 1.19. The van der Waals surface area contributed by atoms with E-state index in [1.807, 2.05) is 13.8 Å². The predicted molar refractivity (Wildman–Crippen MR) is 87.8 cm³/mol. The number of fused-ring (bicyclic) bond motifs is 1. The number of hydrogen-bond acceptors (Lipinski definition) is 4. The number of nitrogens with one attached hydrogen (secondary N) is 1. The number of benzene rings is 1. The number of nitrogens with two attached hydrogens (primary N) is 1. The average molecular weight is 290 g/mol. The van der Waals surface area contributed by atoms with E-state index in [-0.39, 0.29) is 5.91 Å². The highest BCUT2D eigenvalue weighted by molar-refractivity contribution is 5.84. The van der Waals surface area contributed by atoms with Gasteiger partial charge in [-0.3, -0.25) is 4.79 Å². The SMILES string of the molecule is CCNC(C)(CCN1CCN(C)c2ccccc21)C(N)=O. The summed E-state index contributed by atoms with van der Waals surface area (Å²) in [5, 5.41) is 3.22. The lowest BCUT2D eigenvalue weighted by molar-refractivity contribution is -0.124. The molecule has 1 heterocycles. The van der Waals surface area contributed by atoms with Gasteiger partial charge < -0.3 is 20.9 Å². The molecule has 0 radical (unpaired) electrons. The third-order valence-electron chi connectivity index (χ3n) is 4.33. The molecule has 5 heteroatoms. The van der Waals surface area contributed by atoms with Gasteiger partial charge in [0.05, 0.1) is 16.9 Å². The van der Waals surface area contributed by atoms with Crippen molar-refractivity contribution in [2.24, 2.45) is 5.73 Å². The second-order valence-corrected chi connectivity index (χ2v) is 5.87. The van der Waals surface area contributed by atoms with Crippen LogP contribution >= 0.6 is 0 Å². The van der Waals surface area contributed by atoms with E-state index in [0.29, 0.717) is 6.42 Å². The molecule has 0 saturated heterocycles. The van der Waals surface area contributed by atoms with E-state index in [2.05, 4.69) is 46.4 Å². The molecule has 0 fully saturated rings. The number of nitrogens with zero attached hydrogens (tertiary/aromatic N) is 2. The molecule has 1 amide bonds. The molecule has 1 atom stereocenters. The smallest absolute Gasteiger partial charge is 0.237 e. The molecule has 5 nitrogen and oxygen atoms in total. The lowest BCUT2D eigenvalue weighted by Crippen LogP contribution is -2.55. The highest BCUT2D eigenvalue weighted by Crippen LogP contribution is 2.32. The van der Waals surface area contributed by atoms with Crippen LogP contribution in [-0.4, -0.2) is 44.7 Å². The third-order valence-corrected chi connectivity index (χ3v) is 4.33. The molecule has 3 N–H and O–H groups in total. The summed E-state index contributed by atoms with van der Waals surface area (Å²) >= 11 is 0. The van der Waals surface area contributed by atoms with E-state index in [0.717, 1.165) is 26.2 Å². The van der Waals surface area contributed by atoms with Crippen LogP contribution in [0.4, 0.5) is 11.4 Å². The van der Waals surface area contributed by atoms with Gasteiger partial charge in [0.1, 0.15) is 0 Å². The van der Waals surface area contributed by atoms with E-state index in [4.69, 9.17) is 5.73 Å². The summed E-state index contributed by atoms with van der Waals surface area (Å²) in [6.07, 6.45) is 0.703. The van der Waals surface area contributed by atoms with Crippen molar-refractivity contribution in [3.05, 3.63) is 24.3 Å². The van der Waals surface area contributed by atoms with Crippen molar-refractivity contribution in [2.45, 2.75) is 25.8 Å². The van der Waals surface area contributed by atoms with E-state index in [9.17, 15) is 4.79 Å². The van der Waals surface area contributed by atoms with Crippen molar-refractivity contribution in [1.29, 1.82) is 0 Å². The van der Waals surface area contributed by atoms with Crippen molar-refractivity contribution >= 4 is 17.3 Å². The molecule has 21 heavy (non-hydrogen) atoms. The Morgan fingerprint density at radius 2 is 2.00 bits per heavy atom. The molecule has 1 aromatic carbocycles. The summed E-state index contributed by atoms with van der Waals surface area (Å²) in [4.78, 5) is 16.3. The van der Waals surface area contributed by atoms with Crippen molar-refractivity contribution in [1.82, 2.24) is 5.32 Å². The molecule has 1 aliphatic rings. The third kappa shape index (κ3) is 3.29. The quantitative estimate of drug-likeness (QED) is 0.826. The lowest BCUT2D eigenvalue weighted by Gasteiger charge is -2.38. The van der Waals surface area contributed by atoms with Crippen molar-refractivity contribution < 1.29 is 4.79 Å². The number of carbonyl (C=O) groups excluding carboxylic acids is 1. The lowest BCUT2D eigenvalue weighted by atomic mass is 9.96. The van der Waals surface area contributed by atoms with Gasteiger partial charge in [-0.2, -0.15) is 0 Å². The van der Waals surface area contributed by atoms with Crippen LogP contribution in [-0.2, 0) is 4.79 Å². The first-order valence-corrected chi connectivity index (χ1v) is 7.58. The summed E-state index contributed by atoms with van der Waals surface area (Å²) < 4.78 is 0. The monoisotopic (exact) mass is 290 g/mol. The molecule has 1 aliphatic heterocycles. The number of primary amides is 1. The van der Waals surface area contributed by atoms with Gasteiger partial charge in [-0.25, -0.2) is 0 Å². The second kappa shape index (κ2) is 6.35. The molecule has 2 rings (SSSR count). The molecule has 0 aliphatic carbocycles. The van der Waals surface area contributed by atoms with E-state index in [1.165, 1.54) is 11.4 Å². The number of likely N-dealkylation sites (N-methyl/N-ethyl adjacent to an activating group) is 2. The Morgan fingerprint density at radius 1 is 1.33 bits per heavy atom. The number of hydrogen-bond donors (Lipinski definition) is 2. The molecular formula is C16H26N4O. The number of anilines is 2. The topological polar surface area (TPSA) is 61.6 Å². The Hall–Kier alpha value is -1.75. The number of amides is 1. The highest BCUT2D eigenvalue weighted by atomic mass is 16.1. The van der Waals surface area contributed by atoms with Crippen LogP contribution in [0.1, 0.15) is 20.3 Å². The Bertz CT molecular complexity index is 505. The van der Waals surface area contributed by atoms with Crippen LogP contribution in [0.25, 0.3) is 0 Å². The molecule has 0 aromatic heterocycles. The first-order chi connectivity index (χ1) is 9.98. The summed E-state index contributed by atoms with van der Waals surface area (Å²) in [5.74, 6) is -0.285. The summed E-state index contributed by atoms with van der Waals surface area (Å²) in [6, 6.07) is 8.40. The van der Waals surface area contributed by atoms with Gasteiger partial charge in [-0.05, 0) is 32.0 Å². The second-order valence-electron chi connectivity index (χ2n) is 5.87. The summed E-state index contributed by atoms with van der Waals surface area (Å²) in [5.41, 5.74) is 7.39. The Balaban J connectivity index is 2.11. The van der Waals surface area contributed by atoms with Crippen LogP contribution in [0.3, 0.4) is 0 Å². The van der Waals surface area contributed by atoms with Crippen LogP contribution in [0.2, 0.25) is 0 Å². The first-order valence-electron chi connectivity index (χ1n) is 7.58. The van der Waals surface area contributed by atoms with Gasteiger partial charge in [-0.15, -0.1) is 0 Å². The number of carbonyl (C=O) groups is 1. The molecule has 0 spiro atoms. The maximum absolute atomic E-state index is 11.7. The van der Waals surface area contributed by atoms with Gasteiger partial charge in [0.15, 0.2) is 0 Å². The van der Waals surface area contributed by atoms with Gasteiger partial charge in [0.2, 0.25) is 5.91 Å². The zero-order valence-electron chi connectivity index (χ0n) is 13.2. The van der Waals surface area contributed by atoms with Crippen LogP contribution in [0.5, 0.6) is 0 Å². The van der Waals surface area contributed by atoms with Gasteiger partial charge >= 0.3 is 0 Å². The van der Waals surface area contributed by atoms with Gasteiger partial charge in [-0.1, -0.05) is 19.1 Å². The molecule has 1 aromatic rings. The van der Waals surface area contributed by atoms with Crippen molar-refractivity contribution in [3.8, 4) is 0 Å². The fourth-order valence-electron chi connectivity index (χ4n) is 2.85. The Morgan fingerprint density at radius 3 is 2.62 bits per heavy atom. The summed E-state index contributed by atoms with van der Waals surface area (Å²) in [6.45, 7) is 7.39. The minimum absolute atomic E-state index is 0.285. The van der Waals surface area contributed by atoms with Crippen LogP contribution < -0.4 is 20.9 Å². The molecule has 1 unspecified atom stereocenters. The zero-order valence-corrected chi connectivity index (χ0v) is 13.2. The standard InChI is InChI=1S/C16H26N4O/c1-4-18-16(2,15(17)21)9-10-20-12-11-19(3)13-7-5-6-8-14(13)20/h5-8,18H,4,9-12H2,1-3H3,(H2,17,21). The maximum Gasteiger partial charge on any atom is 0.237 e. The van der Waals surface area contributed by atoms with Gasteiger partial charge in [0, 0.05) is 26.7 Å². The van der Waals surface area contributed by atoms with Crippen LogP contribution in [0.15, 0.2) is 24.3 Å². The average Bonchev–Trinajstić information content (AvgIpc) is 2.47. The first kappa shape index (κ1) is 15.6. The number of para-hydroxylation sites is 2. The molecule has 116 valence electrons. The van der Waals surface area contributed by atoms with E-state index < -0.39 is 5.54 Å². The molecular weight excluding hydrogens is 264 g/mol. The summed E-state index contributed by atoms with van der Waals surface area (Å²) in [7, 11) is 2.11.